The molecule has 2 rings (SSSR count). The summed E-state index contributed by atoms with van der Waals surface area (Å²) in [5.41, 5.74) is 2.02. The number of rotatable bonds is 5. The normalized spacial score (nSPS) is 15.8. The molecule has 0 radical (unpaired) electrons. The van der Waals surface area contributed by atoms with E-state index in [4.69, 9.17) is 5.11 Å². The summed E-state index contributed by atoms with van der Waals surface area (Å²) in [6.45, 7) is 3.09. The third-order valence-corrected chi connectivity index (χ3v) is 3.30. The van der Waals surface area contributed by atoms with E-state index in [-0.39, 0.29) is 5.91 Å². The van der Waals surface area contributed by atoms with Crippen molar-refractivity contribution in [2.24, 2.45) is 0 Å². The van der Waals surface area contributed by atoms with E-state index in [1.165, 1.54) is 31.5 Å². The Bertz CT molecular complexity index is 383. The molecule has 0 saturated carbocycles. The van der Waals surface area contributed by atoms with Gasteiger partial charge in [-0.3, -0.25) is 4.79 Å². The summed E-state index contributed by atoms with van der Waals surface area (Å²) >= 11 is 0. The average Bonchev–Trinajstić information content (AvgIpc) is 2.91. The molecule has 0 aromatic heterocycles. The third-order valence-electron chi connectivity index (χ3n) is 3.30. The number of benzene rings is 1. The maximum atomic E-state index is 11.0. The van der Waals surface area contributed by atoms with Gasteiger partial charge in [-0.15, -0.1) is 0 Å². The molecule has 0 bridgehead atoms. The Balaban J connectivity index is 1.81. The number of carbonyl (C=O) groups is 1. The van der Waals surface area contributed by atoms with E-state index in [0.29, 0.717) is 0 Å². The van der Waals surface area contributed by atoms with Crippen LogP contribution in [-0.2, 0) is 11.2 Å². The molecule has 1 aliphatic rings. The van der Waals surface area contributed by atoms with Crippen molar-refractivity contribution in [2.75, 3.05) is 31.6 Å². The SMILES string of the molecule is O=C(CO)Nc1ccc(CCN2CCCC2)cc1. The van der Waals surface area contributed by atoms with E-state index < -0.39 is 6.61 Å². The van der Waals surface area contributed by atoms with Crippen LogP contribution in [0.3, 0.4) is 0 Å². The summed E-state index contributed by atoms with van der Waals surface area (Å²) in [6.07, 6.45) is 3.70. The number of nitrogens with zero attached hydrogens (tertiary/aromatic N) is 1. The topological polar surface area (TPSA) is 52.6 Å². The Labute approximate surface area is 108 Å². The first kappa shape index (κ1) is 13.1. The van der Waals surface area contributed by atoms with Gasteiger partial charge in [0.15, 0.2) is 0 Å². The fourth-order valence-corrected chi connectivity index (χ4v) is 2.25. The van der Waals surface area contributed by atoms with Gasteiger partial charge >= 0.3 is 0 Å². The molecule has 18 heavy (non-hydrogen) atoms. The van der Waals surface area contributed by atoms with Crippen molar-refractivity contribution >= 4 is 11.6 Å². The smallest absolute Gasteiger partial charge is 0.250 e. The Hall–Kier alpha value is -1.39. The molecule has 1 aromatic rings. The van der Waals surface area contributed by atoms with Crippen LogP contribution in [0.25, 0.3) is 0 Å². The summed E-state index contributed by atoms with van der Waals surface area (Å²) < 4.78 is 0. The molecule has 4 nitrogen and oxygen atoms in total. The summed E-state index contributed by atoms with van der Waals surface area (Å²) in [6, 6.07) is 7.83. The first-order valence-corrected chi connectivity index (χ1v) is 6.50. The minimum absolute atomic E-state index is 0.375. The summed E-state index contributed by atoms with van der Waals surface area (Å²) in [4.78, 5) is 13.5. The van der Waals surface area contributed by atoms with E-state index in [2.05, 4.69) is 10.2 Å². The predicted molar refractivity (Wildman–Crippen MR) is 71.5 cm³/mol. The number of amides is 1. The highest BCUT2D eigenvalue weighted by atomic mass is 16.3. The predicted octanol–water partition coefficient (Wildman–Crippen LogP) is 1.26. The van der Waals surface area contributed by atoms with E-state index >= 15 is 0 Å². The molecular weight excluding hydrogens is 228 g/mol. The van der Waals surface area contributed by atoms with Crippen LogP contribution in [0, 0.1) is 0 Å². The van der Waals surface area contributed by atoms with Gasteiger partial charge in [0, 0.05) is 12.2 Å². The average molecular weight is 248 g/mol. The third kappa shape index (κ3) is 3.82. The maximum Gasteiger partial charge on any atom is 0.250 e. The lowest BCUT2D eigenvalue weighted by Gasteiger charge is -2.14. The lowest BCUT2D eigenvalue weighted by molar-refractivity contribution is -0.118. The maximum absolute atomic E-state index is 11.0. The minimum atomic E-state index is -0.475. The molecule has 0 spiro atoms. The minimum Gasteiger partial charge on any atom is -0.387 e. The number of anilines is 1. The van der Waals surface area contributed by atoms with Gasteiger partial charge in [0.2, 0.25) is 5.91 Å². The highest BCUT2D eigenvalue weighted by Gasteiger charge is 2.10. The molecular formula is C14H20N2O2. The Morgan fingerprint density at radius 2 is 1.89 bits per heavy atom. The molecule has 0 atom stereocenters. The van der Waals surface area contributed by atoms with Crippen LogP contribution in [-0.4, -0.2) is 42.2 Å². The van der Waals surface area contributed by atoms with Crippen LogP contribution >= 0.6 is 0 Å². The van der Waals surface area contributed by atoms with E-state index in [0.717, 1.165) is 18.7 Å². The molecule has 1 aliphatic heterocycles. The molecule has 0 unspecified atom stereocenters. The van der Waals surface area contributed by atoms with Gasteiger partial charge in [-0.25, -0.2) is 0 Å². The fraction of sp³-hybridized carbons (Fsp3) is 0.500. The van der Waals surface area contributed by atoms with Gasteiger partial charge < -0.3 is 15.3 Å². The Morgan fingerprint density at radius 3 is 2.50 bits per heavy atom. The van der Waals surface area contributed by atoms with Gasteiger partial charge in [0.05, 0.1) is 0 Å². The number of aliphatic hydroxyl groups excluding tert-OH is 1. The second-order valence-electron chi connectivity index (χ2n) is 4.70. The van der Waals surface area contributed by atoms with Crippen molar-refractivity contribution in [3.8, 4) is 0 Å². The van der Waals surface area contributed by atoms with Crippen molar-refractivity contribution in [2.45, 2.75) is 19.3 Å². The highest BCUT2D eigenvalue weighted by molar-refractivity contribution is 5.91. The number of hydrogen-bond acceptors (Lipinski definition) is 3. The zero-order valence-electron chi connectivity index (χ0n) is 10.6. The van der Waals surface area contributed by atoms with Gasteiger partial charge in [0.25, 0.3) is 0 Å². The molecule has 1 heterocycles. The zero-order chi connectivity index (χ0) is 12.8. The van der Waals surface area contributed by atoms with Crippen molar-refractivity contribution in [1.29, 1.82) is 0 Å². The van der Waals surface area contributed by atoms with Crippen molar-refractivity contribution in [1.82, 2.24) is 4.90 Å². The molecule has 1 aromatic carbocycles. The van der Waals surface area contributed by atoms with Crippen LogP contribution < -0.4 is 5.32 Å². The van der Waals surface area contributed by atoms with Gasteiger partial charge in [-0.2, -0.15) is 0 Å². The van der Waals surface area contributed by atoms with Gasteiger partial charge in [-0.1, -0.05) is 12.1 Å². The van der Waals surface area contributed by atoms with E-state index in [1.54, 1.807) is 0 Å². The Kier molecular flexibility index (Phi) is 4.73. The summed E-state index contributed by atoms with van der Waals surface area (Å²) in [7, 11) is 0. The number of aliphatic hydroxyl groups is 1. The molecule has 4 heteroatoms. The van der Waals surface area contributed by atoms with E-state index in [9.17, 15) is 4.79 Å². The standard InChI is InChI=1S/C14H20N2O2/c17-11-14(18)15-13-5-3-12(4-6-13)7-10-16-8-1-2-9-16/h3-6,17H,1-2,7-11H2,(H,15,18). The van der Waals surface area contributed by atoms with Crippen LogP contribution in [0.1, 0.15) is 18.4 Å². The van der Waals surface area contributed by atoms with Crippen LogP contribution in [0.5, 0.6) is 0 Å². The van der Waals surface area contributed by atoms with Crippen LogP contribution in [0.4, 0.5) is 5.69 Å². The van der Waals surface area contributed by atoms with E-state index in [1.807, 2.05) is 24.3 Å². The lowest BCUT2D eigenvalue weighted by atomic mass is 10.1. The van der Waals surface area contributed by atoms with Crippen LogP contribution in [0.15, 0.2) is 24.3 Å². The second kappa shape index (κ2) is 6.52. The first-order valence-electron chi connectivity index (χ1n) is 6.50. The lowest BCUT2D eigenvalue weighted by Crippen LogP contribution is -2.21. The number of carbonyl (C=O) groups excluding carboxylic acids is 1. The zero-order valence-corrected chi connectivity index (χ0v) is 10.6. The number of likely N-dealkylation sites (tertiary alicyclic amines) is 1. The largest absolute Gasteiger partial charge is 0.387 e. The van der Waals surface area contributed by atoms with Crippen molar-refractivity contribution in [3.05, 3.63) is 29.8 Å². The Morgan fingerprint density at radius 1 is 1.22 bits per heavy atom. The van der Waals surface area contributed by atoms with Crippen molar-refractivity contribution in [3.63, 3.8) is 0 Å². The molecule has 1 amide bonds. The molecule has 98 valence electrons. The van der Waals surface area contributed by atoms with Gasteiger partial charge in [-0.05, 0) is 50.0 Å². The monoisotopic (exact) mass is 248 g/mol. The van der Waals surface area contributed by atoms with Gasteiger partial charge in [0.1, 0.15) is 6.61 Å². The van der Waals surface area contributed by atoms with Crippen molar-refractivity contribution < 1.29 is 9.90 Å². The molecule has 1 saturated heterocycles. The number of hydrogen-bond donors (Lipinski definition) is 2. The van der Waals surface area contributed by atoms with Crippen LogP contribution in [0.2, 0.25) is 0 Å². The molecule has 1 fully saturated rings. The molecule has 2 N–H and O–H groups in total. The second-order valence-corrected chi connectivity index (χ2v) is 4.70. The fourth-order valence-electron chi connectivity index (χ4n) is 2.25. The highest BCUT2D eigenvalue weighted by Crippen LogP contribution is 2.12. The summed E-state index contributed by atoms with van der Waals surface area (Å²) in [5.74, 6) is -0.375. The number of nitrogens with one attached hydrogen (secondary N) is 1. The first-order chi connectivity index (χ1) is 8.78. The molecule has 0 aliphatic carbocycles. The summed E-state index contributed by atoms with van der Waals surface area (Å²) in [5, 5.41) is 11.3. The quantitative estimate of drug-likeness (QED) is 0.824.